The standard InChI is InChI=1S/C21H21NO2/c23-18-11-16-7-8-17(12-18)22(16)21(24)15-6-5-14-9-13-3-1-2-4-19(13)20(14)10-15/h1-6,10,16-18,23H,7-9,11-12H2/t16-,17-/m0/s1. The molecule has 0 aromatic heterocycles. The molecule has 3 aliphatic rings. The third kappa shape index (κ3) is 2.04. The molecule has 0 radical (unpaired) electrons. The Bertz CT molecular complexity index is 814. The van der Waals surface area contributed by atoms with Gasteiger partial charge < -0.3 is 10.0 Å². The van der Waals surface area contributed by atoms with Gasteiger partial charge in [0, 0.05) is 17.6 Å². The number of nitrogens with zero attached hydrogens (tertiary/aromatic N) is 1. The molecule has 0 saturated carbocycles. The van der Waals surface area contributed by atoms with Crippen molar-refractivity contribution in [2.75, 3.05) is 0 Å². The molecular formula is C21H21NO2. The highest BCUT2D eigenvalue weighted by Gasteiger charge is 2.43. The summed E-state index contributed by atoms with van der Waals surface area (Å²) in [6, 6.07) is 15.1. The van der Waals surface area contributed by atoms with Crippen LogP contribution >= 0.6 is 0 Å². The van der Waals surface area contributed by atoms with Crippen LogP contribution < -0.4 is 0 Å². The number of hydrogen-bond donors (Lipinski definition) is 1. The molecule has 2 bridgehead atoms. The van der Waals surface area contributed by atoms with E-state index in [9.17, 15) is 9.90 Å². The lowest BCUT2D eigenvalue weighted by molar-refractivity contribution is 0.0287. The van der Waals surface area contributed by atoms with E-state index < -0.39 is 0 Å². The van der Waals surface area contributed by atoms with Gasteiger partial charge in [-0.3, -0.25) is 4.79 Å². The molecule has 5 rings (SSSR count). The van der Waals surface area contributed by atoms with Crippen LogP contribution in [0.5, 0.6) is 0 Å². The molecule has 1 aliphatic carbocycles. The fraction of sp³-hybridized carbons (Fsp3) is 0.381. The van der Waals surface area contributed by atoms with Crippen LogP contribution in [-0.2, 0) is 6.42 Å². The van der Waals surface area contributed by atoms with E-state index in [0.717, 1.165) is 37.7 Å². The molecule has 2 aromatic carbocycles. The molecule has 2 saturated heterocycles. The minimum absolute atomic E-state index is 0.140. The largest absolute Gasteiger partial charge is 0.393 e. The van der Waals surface area contributed by atoms with Crippen LogP contribution in [0.4, 0.5) is 0 Å². The van der Waals surface area contributed by atoms with Gasteiger partial charge in [0.05, 0.1) is 6.10 Å². The van der Waals surface area contributed by atoms with E-state index in [1.54, 1.807) is 0 Å². The van der Waals surface area contributed by atoms with Crippen molar-refractivity contribution in [1.82, 2.24) is 4.90 Å². The Hall–Kier alpha value is -2.13. The second-order valence-electron chi connectivity index (χ2n) is 7.43. The molecule has 0 unspecified atom stereocenters. The van der Waals surface area contributed by atoms with Crippen LogP contribution in [0, 0.1) is 0 Å². The molecule has 1 N–H and O–H groups in total. The maximum Gasteiger partial charge on any atom is 0.254 e. The molecule has 3 heteroatoms. The zero-order valence-corrected chi connectivity index (χ0v) is 13.6. The van der Waals surface area contributed by atoms with Crippen LogP contribution in [0.15, 0.2) is 42.5 Å². The number of piperidine rings is 1. The van der Waals surface area contributed by atoms with Crippen LogP contribution in [0.1, 0.15) is 47.2 Å². The van der Waals surface area contributed by atoms with Gasteiger partial charge in [0.15, 0.2) is 0 Å². The van der Waals surface area contributed by atoms with E-state index in [1.807, 2.05) is 6.07 Å². The van der Waals surface area contributed by atoms with Crippen LogP contribution in [0.3, 0.4) is 0 Å². The summed E-state index contributed by atoms with van der Waals surface area (Å²) in [6.45, 7) is 0. The monoisotopic (exact) mass is 319 g/mol. The van der Waals surface area contributed by atoms with Gasteiger partial charge in [0.25, 0.3) is 5.91 Å². The number of aliphatic hydroxyl groups excluding tert-OH is 1. The van der Waals surface area contributed by atoms with Gasteiger partial charge in [0.2, 0.25) is 0 Å². The third-order valence-corrected chi connectivity index (χ3v) is 5.99. The van der Waals surface area contributed by atoms with Crippen LogP contribution in [0.25, 0.3) is 11.1 Å². The number of carbonyl (C=O) groups excluding carboxylic acids is 1. The topological polar surface area (TPSA) is 40.5 Å². The fourth-order valence-electron chi connectivity index (χ4n) is 4.89. The second-order valence-corrected chi connectivity index (χ2v) is 7.43. The van der Waals surface area contributed by atoms with Crippen LogP contribution in [-0.4, -0.2) is 34.1 Å². The Labute approximate surface area is 141 Å². The van der Waals surface area contributed by atoms with Crippen molar-refractivity contribution in [3.05, 3.63) is 59.2 Å². The normalized spacial score (nSPS) is 27.0. The first kappa shape index (κ1) is 14.2. The van der Waals surface area contributed by atoms with Crippen molar-refractivity contribution < 1.29 is 9.90 Å². The summed E-state index contributed by atoms with van der Waals surface area (Å²) < 4.78 is 0. The van der Waals surface area contributed by atoms with Crippen molar-refractivity contribution in [2.45, 2.75) is 50.3 Å². The lowest BCUT2D eigenvalue weighted by Crippen LogP contribution is -2.48. The van der Waals surface area contributed by atoms with E-state index in [0.29, 0.717) is 0 Å². The second kappa shape index (κ2) is 5.18. The number of amides is 1. The number of rotatable bonds is 1. The van der Waals surface area contributed by atoms with Crippen molar-refractivity contribution in [3.63, 3.8) is 0 Å². The molecule has 122 valence electrons. The molecule has 2 aromatic rings. The summed E-state index contributed by atoms with van der Waals surface area (Å²) in [7, 11) is 0. The summed E-state index contributed by atoms with van der Waals surface area (Å²) in [5.41, 5.74) is 5.92. The number of benzene rings is 2. The van der Waals surface area contributed by atoms with Crippen molar-refractivity contribution in [2.24, 2.45) is 0 Å². The van der Waals surface area contributed by atoms with Crippen molar-refractivity contribution >= 4 is 5.91 Å². The summed E-state index contributed by atoms with van der Waals surface area (Å²) in [4.78, 5) is 15.2. The molecule has 2 aliphatic heterocycles. The molecule has 2 heterocycles. The zero-order valence-electron chi connectivity index (χ0n) is 13.6. The predicted octanol–water partition coefficient (Wildman–Crippen LogP) is 3.39. The average molecular weight is 319 g/mol. The van der Waals surface area contributed by atoms with Gasteiger partial charge in [-0.15, -0.1) is 0 Å². The average Bonchev–Trinajstić information content (AvgIpc) is 3.09. The van der Waals surface area contributed by atoms with Crippen molar-refractivity contribution in [3.8, 4) is 11.1 Å². The van der Waals surface area contributed by atoms with E-state index in [2.05, 4.69) is 41.3 Å². The van der Waals surface area contributed by atoms with E-state index >= 15 is 0 Å². The number of carbonyl (C=O) groups is 1. The molecule has 24 heavy (non-hydrogen) atoms. The quantitative estimate of drug-likeness (QED) is 0.747. The smallest absolute Gasteiger partial charge is 0.254 e. The van der Waals surface area contributed by atoms with Crippen LogP contribution in [0.2, 0.25) is 0 Å². The van der Waals surface area contributed by atoms with Crippen molar-refractivity contribution in [1.29, 1.82) is 0 Å². The zero-order chi connectivity index (χ0) is 16.3. The maximum atomic E-state index is 13.1. The lowest BCUT2D eigenvalue weighted by Gasteiger charge is -2.37. The Morgan fingerprint density at radius 2 is 1.67 bits per heavy atom. The van der Waals surface area contributed by atoms with E-state index in [1.165, 1.54) is 22.3 Å². The maximum absolute atomic E-state index is 13.1. The Morgan fingerprint density at radius 3 is 2.46 bits per heavy atom. The predicted molar refractivity (Wildman–Crippen MR) is 92.9 cm³/mol. The van der Waals surface area contributed by atoms with Gasteiger partial charge in [-0.05, 0) is 66.5 Å². The highest BCUT2D eigenvalue weighted by molar-refractivity contribution is 5.97. The first-order valence-electron chi connectivity index (χ1n) is 8.92. The highest BCUT2D eigenvalue weighted by atomic mass is 16.3. The first-order chi connectivity index (χ1) is 11.7. The summed E-state index contributed by atoms with van der Waals surface area (Å²) in [5, 5.41) is 9.96. The molecule has 3 nitrogen and oxygen atoms in total. The van der Waals surface area contributed by atoms with Gasteiger partial charge in [0.1, 0.15) is 0 Å². The summed E-state index contributed by atoms with van der Waals surface area (Å²) in [5.74, 6) is 0.140. The number of aliphatic hydroxyl groups is 1. The molecule has 0 spiro atoms. The first-order valence-corrected chi connectivity index (χ1v) is 8.92. The van der Waals surface area contributed by atoms with Gasteiger partial charge in [-0.25, -0.2) is 0 Å². The third-order valence-electron chi connectivity index (χ3n) is 5.99. The highest BCUT2D eigenvalue weighted by Crippen LogP contribution is 2.39. The Kier molecular flexibility index (Phi) is 3.07. The molecule has 2 atom stereocenters. The van der Waals surface area contributed by atoms with Gasteiger partial charge in [-0.2, -0.15) is 0 Å². The number of hydrogen-bond acceptors (Lipinski definition) is 2. The van der Waals surface area contributed by atoms with E-state index in [-0.39, 0.29) is 24.1 Å². The summed E-state index contributed by atoms with van der Waals surface area (Å²) in [6.07, 6.45) is 4.24. The van der Waals surface area contributed by atoms with Gasteiger partial charge >= 0.3 is 0 Å². The minimum Gasteiger partial charge on any atom is -0.393 e. The Balaban J connectivity index is 1.50. The fourth-order valence-corrected chi connectivity index (χ4v) is 4.89. The lowest BCUT2D eigenvalue weighted by atomic mass is 9.97. The van der Waals surface area contributed by atoms with Gasteiger partial charge in [-0.1, -0.05) is 30.3 Å². The molecule has 1 amide bonds. The van der Waals surface area contributed by atoms with E-state index in [4.69, 9.17) is 0 Å². The Morgan fingerprint density at radius 1 is 0.958 bits per heavy atom. The number of fused-ring (bicyclic) bond motifs is 5. The SMILES string of the molecule is O=C(c1ccc2c(c1)-c1ccccc1C2)N1[C@H]2CC[C@H]1CC(O)C2. The molecule has 2 fully saturated rings. The molecular weight excluding hydrogens is 298 g/mol. The minimum atomic E-state index is -0.238. The summed E-state index contributed by atoms with van der Waals surface area (Å²) >= 11 is 0.